The van der Waals surface area contributed by atoms with Crippen LogP contribution in [0.3, 0.4) is 0 Å². The van der Waals surface area contributed by atoms with E-state index in [1.807, 2.05) is 86.0 Å². The lowest BCUT2D eigenvalue weighted by Gasteiger charge is -2.18. The fraction of sp³-hybridized carbons (Fsp3) is 0.118. The predicted molar refractivity (Wildman–Crippen MR) is 233 cm³/mol. The van der Waals surface area contributed by atoms with Gasteiger partial charge in [-0.15, -0.1) is 0 Å². The molecule has 10 rings (SSSR count). The molecule has 0 saturated carbocycles. The molecule has 0 N–H and O–H groups in total. The molecule has 5 nitrogen and oxygen atoms in total. The van der Waals surface area contributed by atoms with E-state index in [-0.39, 0.29) is 11.4 Å². The van der Waals surface area contributed by atoms with Gasteiger partial charge in [0.1, 0.15) is 0 Å². The Hall–Kier alpha value is -7.06. The van der Waals surface area contributed by atoms with E-state index in [1.165, 1.54) is 6.07 Å². The highest BCUT2D eigenvalue weighted by molar-refractivity contribution is 6.11. The first-order chi connectivity index (χ1) is 28.4. The number of alkyl halides is 3. The average Bonchev–Trinajstić information content (AvgIpc) is 3.71. The van der Waals surface area contributed by atoms with Crippen LogP contribution in [0.5, 0.6) is 0 Å². The summed E-state index contributed by atoms with van der Waals surface area (Å²) in [6, 6.07) is 44.9. The minimum absolute atomic E-state index is 0.130. The number of hydrogen-bond donors (Lipinski definition) is 0. The number of hydrogen-bond acceptors (Lipinski definition) is 3. The number of rotatable bonds is 5. The molecule has 59 heavy (non-hydrogen) atoms. The molecule has 0 radical (unpaired) electrons. The van der Waals surface area contributed by atoms with Crippen molar-refractivity contribution < 1.29 is 13.2 Å². The summed E-state index contributed by atoms with van der Waals surface area (Å²) in [5, 5.41) is 4.28. The molecular weight excluding hydrogens is 740 g/mol. The first kappa shape index (κ1) is 36.3. The van der Waals surface area contributed by atoms with E-state index in [4.69, 9.17) is 15.0 Å². The first-order valence-electron chi connectivity index (χ1n) is 19.6. The second-order valence-corrected chi connectivity index (χ2v) is 15.7. The van der Waals surface area contributed by atoms with E-state index in [0.29, 0.717) is 22.9 Å². The number of fused-ring (bicyclic) bond motifs is 6. The van der Waals surface area contributed by atoms with Crippen molar-refractivity contribution in [1.82, 2.24) is 24.1 Å². The average molecular weight is 778 g/mol. The van der Waals surface area contributed by atoms with Crippen LogP contribution in [0.15, 0.2) is 140 Å². The fourth-order valence-electron chi connectivity index (χ4n) is 8.46. The van der Waals surface area contributed by atoms with Gasteiger partial charge in [-0.05, 0) is 113 Å². The summed E-state index contributed by atoms with van der Waals surface area (Å²) in [6.07, 6.45) is -4.61. The highest BCUT2D eigenvalue weighted by Crippen LogP contribution is 2.41. The summed E-state index contributed by atoms with van der Waals surface area (Å²) in [5.41, 5.74) is 11.5. The Balaban J connectivity index is 1.30. The van der Waals surface area contributed by atoms with Gasteiger partial charge in [0.2, 0.25) is 0 Å². The predicted octanol–water partition coefficient (Wildman–Crippen LogP) is 13.6. The second-order valence-electron chi connectivity index (χ2n) is 15.7. The van der Waals surface area contributed by atoms with Crippen molar-refractivity contribution in [2.75, 3.05) is 0 Å². The lowest BCUT2D eigenvalue weighted by atomic mass is 10.0. The smallest absolute Gasteiger partial charge is 0.309 e. The van der Waals surface area contributed by atoms with Gasteiger partial charge in [-0.1, -0.05) is 88.5 Å². The van der Waals surface area contributed by atoms with Crippen LogP contribution in [-0.2, 0) is 6.18 Å². The molecule has 288 valence electrons. The summed E-state index contributed by atoms with van der Waals surface area (Å²) in [6.45, 7) is 10.3. The Morgan fingerprint density at radius 2 is 0.763 bits per heavy atom. The van der Waals surface area contributed by atoms with E-state index < -0.39 is 11.7 Å². The third-order valence-corrected chi connectivity index (χ3v) is 11.3. The van der Waals surface area contributed by atoms with Crippen molar-refractivity contribution in [3.8, 4) is 45.5 Å². The molecule has 0 atom stereocenters. The molecule has 7 aromatic carbocycles. The van der Waals surface area contributed by atoms with Crippen molar-refractivity contribution in [2.45, 2.75) is 40.8 Å². The minimum Gasteiger partial charge on any atom is -0.309 e. The van der Waals surface area contributed by atoms with Crippen LogP contribution in [0.4, 0.5) is 13.2 Å². The molecule has 0 unspecified atom stereocenters. The maximum absolute atomic E-state index is 14.7. The molecule has 0 aliphatic carbocycles. The summed E-state index contributed by atoms with van der Waals surface area (Å²) >= 11 is 0. The van der Waals surface area contributed by atoms with Crippen LogP contribution in [0.2, 0.25) is 0 Å². The number of aryl methyl sites for hydroxylation is 5. The molecule has 3 heterocycles. The van der Waals surface area contributed by atoms with E-state index in [1.54, 1.807) is 6.07 Å². The minimum atomic E-state index is -4.61. The third-order valence-electron chi connectivity index (χ3n) is 11.3. The first-order valence-corrected chi connectivity index (χ1v) is 19.6. The molecule has 8 heteroatoms. The standard InChI is InChI=1S/C51H38F3N5/c1-29-11-17-42-36(23-29)37-24-30(2)12-18-43(37)58(42)46-21-15-33(5)27-40(46)49-55-48(34-9-7-6-8-10-34)56-50(57-49)41-28-35(51(52,53)54)16-22-47(41)59-44-19-13-31(3)25-38(44)39-26-32(4)14-20-45(39)59/h6-28H,1-5H3. The maximum Gasteiger partial charge on any atom is 0.416 e. The zero-order valence-electron chi connectivity index (χ0n) is 33.1. The number of benzene rings is 7. The SMILES string of the molecule is Cc1ccc(-n2c3ccc(C)cc3c3cc(C)ccc32)c(-c2nc(-c3ccccc3)nc(-c3cc(C(F)(F)F)ccc3-n3c4ccc(C)cc4c4cc(C)ccc43)n2)c1. The van der Waals surface area contributed by atoms with Gasteiger partial charge in [-0.25, -0.2) is 15.0 Å². The Morgan fingerprint density at radius 3 is 1.20 bits per heavy atom. The molecule has 0 bridgehead atoms. The molecule has 0 spiro atoms. The summed E-state index contributed by atoms with van der Waals surface area (Å²) < 4.78 is 48.5. The number of aromatic nitrogens is 5. The van der Waals surface area contributed by atoms with Crippen LogP contribution >= 0.6 is 0 Å². The van der Waals surface area contributed by atoms with Crippen molar-refractivity contribution in [3.63, 3.8) is 0 Å². The van der Waals surface area contributed by atoms with Crippen molar-refractivity contribution in [2.24, 2.45) is 0 Å². The highest BCUT2D eigenvalue weighted by atomic mass is 19.4. The lowest BCUT2D eigenvalue weighted by Crippen LogP contribution is -2.09. The molecule has 0 aliphatic heterocycles. The number of nitrogens with zero attached hydrogens (tertiary/aromatic N) is 5. The Morgan fingerprint density at radius 1 is 0.390 bits per heavy atom. The molecule has 0 saturated heterocycles. The topological polar surface area (TPSA) is 48.5 Å². The monoisotopic (exact) mass is 777 g/mol. The molecule has 0 aliphatic rings. The lowest BCUT2D eigenvalue weighted by molar-refractivity contribution is -0.137. The Labute approximate surface area is 339 Å². The van der Waals surface area contributed by atoms with Gasteiger partial charge < -0.3 is 9.13 Å². The van der Waals surface area contributed by atoms with Crippen LogP contribution < -0.4 is 0 Å². The van der Waals surface area contributed by atoms with Crippen LogP contribution in [0, 0.1) is 34.6 Å². The van der Waals surface area contributed by atoms with Gasteiger partial charge in [-0.3, -0.25) is 0 Å². The maximum atomic E-state index is 14.7. The molecule has 0 fully saturated rings. The van der Waals surface area contributed by atoms with Gasteiger partial charge in [0.15, 0.2) is 17.5 Å². The summed E-state index contributed by atoms with van der Waals surface area (Å²) in [5.74, 6) is 0.826. The van der Waals surface area contributed by atoms with E-state index in [0.717, 1.165) is 88.7 Å². The van der Waals surface area contributed by atoms with Crippen LogP contribution in [0.25, 0.3) is 89.2 Å². The molecule has 0 amide bonds. The summed E-state index contributed by atoms with van der Waals surface area (Å²) in [7, 11) is 0. The molecule has 10 aromatic rings. The number of halogens is 3. The Kier molecular flexibility index (Phi) is 8.32. The molecular formula is C51H38F3N5. The largest absolute Gasteiger partial charge is 0.416 e. The third kappa shape index (κ3) is 6.14. The second kappa shape index (κ2) is 13.5. The van der Waals surface area contributed by atoms with Crippen molar-refractivity contribution >= 4 is 43.6 Å². The van der Waals surface area contributed by atoms with Gasteiger partial charge in [0, 0.05) is 38.2 Å². The van der Waals surface area contributed by atoms with Crippen molar-refractivity contribution in [1.29, 1.82) is 0 Å². The fourth-order valence-corrected chi connectivity index (χ4v) is 8.46. The zero-order valence-corrected chi connectivity index (χ0v) is 33.1. The van der Waals surface area contributed by atoms with Gasteiger partial charge in [0.25, 0.3) is 0 Å². The zero-order chi connectivity index (χ0) is 40.7. The van der Waals surface area contributed by atoms with E-state index in [2.05, 4.69) is 79.1 Å². The van der Waals surface area contributed by atoms with Crippen LogP contribution in [0.1, 0.15) is 33.4 Å². The van der Waals surface area contributed by atoms with Gasteiger partial charge in [0.05, 0.1) is 39.0 Å². The van der Waals surface area contributed by atoms with E-state index >= 15 is 0 Å². The quantitative estimate of drug-likeness (QED) is 0.175. The van der Waals surface area contributed by atoms with E-state index in [9.17, 15) is 13.2 Å². The van der Waals surface area contributed by atoms with Gasteiger partial charge in [-0.2, -0.15) is 13.2 Å². The molecule has 3 aromatic heterocycles. The van der Waals surface area contributed by atoms with Gasteiger partial charge >= 0.3 is 6.18 Å². The Bertz CT molecular complexity index is 3200. The van der Waals surface area contributed by atoms with Crippen LogP contribution in [-0.4, -0.2) is 24.1 Å². The summed E-state index contributed by atoms with van der Waals surface area (Å²) in [4.78, 5) is 15.3. The van der Waals surface area contributed by atoms with Crippen molar-refractivity contribution in [3.05, 3.63) is 173 Å². The highest BCUT2D eigenvalue weighted by Gasteiger charge is 2.32. The normalized spacial score (nSPS) is 12.1.